The summed E-state index contributed by atoms with van der Waals surface area (Å²) in [6, 6.07) is 9.03. The minimum absolute atomic E-state index is 0. The normalized spacial score (nSPS) is 19.4. The average molecular weight is 703 g/mol. The van der Waals surface area contributed by atoms with Gasteiger partial charge in [0.1, 0.15) is 0 Å². The second kappa shape index (κ2) is 16.9. The first-order chi connectivity index (χ1) is 17.8. The zero-order valence-corrected chi connectivity index (χ0v) is 28.9. The molecule has 2 fully saturated rings. The number of benzene rings is 2. The van der Waals surface area contributed by atoms with Gasteiger partial charge in [0, 0.05) is 25.2 Å². The maximum atomic E-state index is 12.7. The van der Waals surface area contributed by atoms with Crippen molar-refractivity contribution in [1.29, 1.82) is 0 Å². The van der Waals surface area contributed by atoms with Crippen molar-refractivity contribution in [3.8, 4) is 11.5 Å². The van der Waals surface area contributed by atoms with Crippen LogP contribution in [0.1, 0.15) is 86.8 Å². The van der Waals surface area contributed by atoms with E-state index >= 15 is 0 Å². The Hall–Kier alpha value is -1.25. The van der Waals surface area contributed by atoms with Crippen LogP contribution in [-0.4, -0.2) is 47.2 Å². The van der Waals surface area contributed by atoms with E-state index in [1.165, 1.54) is 25.7 Å². The van der Waals surface area contributed by atoms with Gasteiger partial charge in [0.05, 0.1) is 0 Å². The Labute approximate surface area is 255 Å². The molecule has 39 heavy (non-hydrogen) atoms. The van der Waals surface area contributed by atoms with E-state index in [4.69, 9.17) is 0 Å². The summed E-state index contributed by atoms with van der Waals surface area (Å²) >= 11 is 0. The zero-order chi connectivity index (χ0) is 28.6. The summed E-state index contributed by atoms with van der Waals surface area (Å²) in [6.07, 6.45) is 3.89. The molecule has 0 amide bonds. The summed E-state index contributed by atoms with van der Waals surface area (Å²) in [5, 5.41) is 44.4. The van der Waals surface area contributed by atoms with Gasteiger partial charge in [0.15, 0.2) is 0 Å². The van der Waals surface area contributed by atoms with Gasteiger partial charge in [-0.05, 0) is 77.6 Å². The molecular weight excluding hydrogens is 655 g/mol. The number of hydrogen-bond donors (Lipinski definition) is 0. The van der Waals surface area contributed by atoms with Crippen LogP contribution < -0.4 is 20.4 Å². The Bertz CT molecular complexity index is 941. The number of hydrogen-bond acceptors (Lipinski definition) is 6. The molecule has 214 valence electrons. The van der Waals surface area contributed by atoms with Crippen LogP contribution in [0.3, 0.4) is 0 Å². The molecule has 0 bridgehead atoms. The standard InChI is InChI=1S/C26H36N2O2.2C3H7O.Hf/c1-17-11-19(3)25(29)21(13-17)15-27-9-5-7-23(27)24-8-6-10-28(24)16-22-14-18(2)12-20(4)26(22)30;2*1-3(2)4;/h11-14,23-24,29-30H,5-10,15-16H2,1-4H3;2*3H,1-2H3;/q;2*-1;+4/p-2/t23-,24-;;;/m1.../s1. The Balaban J connectivity index is 0.000000748. The van der Waals surface area contributed by atoms with Crippen molar-refractivity contribution < 1.29 is 46.3 Å². The second-order valence-corrected chi connectivity index (χ2v) is 11.6. The van der Waals surface area contributed by atoms with Gasteiger partial charge in [-0.2, -0.15) is 0 Å². The number of aryl methyl sites for hydroxylation is 4. The van der Waals surface area contributed by atoms with Crippen molar-refractivity contribution >= 4 is 0 Å². The van der Waals surface area contributed by atoms with Gasteiger partial charge in [0.2, 0.25) is 0 Å². The fourth-order valence-corrected chi connectivity index (χ4v) is 5.73. The third-order valence-electron chi connectivity index (χ3n) is 7.01. The Kier molecular flexibility index (Phi) is 15.5. The molecule has 7 heteroatoms. The minimum atomic E-state index is -0.417. The molecule has 0 saturated carbocycles. The molecule has 4 rings (SSSR count). The first-order valence-electron chi connectivity index (χ1n) is 14.1. The van der Waals surface area contributed by atoms with Crippen molar-refractivity contribution in [2.45, 2.75) is 118 Å². The summed E-state index contributed by atoms with van der Waals surface area (Å²) < 4.78 is 0. The topological polar surface area (TPSA) is 98.7 Å². The SMILES string of the molecule is CC(C)[O-].CC(C)[O-].Cc1cc(C)c([O-])c(CN2CCC[C@@H]2[C@H]2CCCN2Cc2cc(C)cc(C)c2[O-])c1.[Hf+4]. The van der Waals surface area contributed by atoms with Crippen LogP contribution in [0.5, 0.6) is 11.5 Å². The Morgan fingerprint density at radius 2 is 0.974 bits per heavy atom. The monoisotopic (exact) mass is 704 g/mol. The molecule has 2 aromatic rings. The van der Waals surface area contributed by atoms with Crippen LogP contribution in [0.15, 0.2) is 24.3 Å². The molecule has 0 aliphatic carbocycles. The van der Waals surface area contributed by atoms with Gasteiger partial charge < -0.3 is 20.4 Å². The summed E-state index contributed by atoms with van der Waals surface area (Å²) in [5.74, 6) is 0.390. The van der Waals surface area contributed by atoms with Gasteiger partial charge in [-0.1, -0.05) is 74.2 Å². The van der Waals surface area contributed by atoms with E-state index < -0.39 is 12.2 Å². The van der Waals surface area contributed by atoms with Gasteiger partial charge >= 0.3 is 25.8 Å². The van der Waals surface area contributed by atoms with Gasteiger partial charge in [0.25, 0.3) is 0 Å². The Morgan fingerprint density at radius 1 is 0.667 bits per heavy atom. The van der Waals surface area contributed by atoms with Crippen LogP contribution >= 0.6 is 0 Å². The molecule has 6 nitrogen and oxygen atoms in total. The van der Waals surface area contributed by atoms with Crippen LogP contribution in [0.25, 0.3) is 0 Å². The van der Waals surface area contributed by atoms with Crippen LogP contribution in [-0.2, 0) is 38.9 Å². The predicted molar refractivity (Wildman–Crippen MR) is 148 cm³/mol. The van der Waals surface area contributed by atoms with E-state index in [1.807, 2.05) is 26.0 Å². The maximum absolute atomic E-state index is 12.7. The first kappa shape index (κ1) is 35.8. The summed E-state index contributed by atoms with van der Waals surface area (Å²) in [4.78, 5) is 5.05. The fourth-order valence-electron chi connectivity index (χ4n) is 5.73. The average Bonchev–Trinajstić information content (AvgIpc) is 3.43. The zero-order valence-electron chi connectivity index (χ0n) is 25.3. The van der Waals surface area contributed by atoms with Crippen LogP contribution in [0, 0.1) is 27.7 Å². The van der Waals surface area contributed by atoms with Crippen molar-refractivity contribution in [3.63, 3.8) is 0 Å². The largest absolute Gasteiger partial charge is 4.00 e. The van der Waals surface area contributed by atoms with E-state index in [0.29, 0.717) is 12.1 Å². The molecule has 0 unspecified atom stereocenters. The maximum Gasteiger partial charge on any atom is 4.00 e. The molecule has 2 saturated heterocycles. The van der Waals surface area contributed by atoms with Crippen molar-refractivity contribution in [1.82, 2.24) is 9.80 Å². The van der Waals surface area contributed by atoms with Crippen molar-refractivity contribution in [2.24, 2.45) is 0 Å². The van der Waals surface area contributed by atoms with E-state index in [-0.39, 0.29) is 37.3 Å². The molecular formula is C32H48HfN2O4. The van der Waals surface area contributed by atoms with E-state index in [1.54, 1.807) is 27.7 Å². The number of rotatable bonds is 5. The molecule has 0 N–H and O–H groups in total. The quantitative estimate of drug-likeness (QED) is 0.444. The molecule has 0 spiro atoms. The summed E-state index contributed by atoms with van der Waals surface area (Å²) in [7, 11) is 0. The molecule has 2 aromatic carbocycles. The minimum Gasteiger partial charge on any atom is -0.872 e. The third-order valence-corrected chi connectivity index (χ3v) is 7.01. The molecule has 0 radical (unpaired) electrons. The second-order valence-electron chi connectivity index (χ2n) is 11.6. The fraction of sp³-hybridized carbons (Fsp3) is 0.625. The Morgan fingerprint density at radius 3 is 1.28 bits per heavy atom. The molecule has 2 aliphatic heterocycles. The van der Waals surface area contributed by atoms with E-state index in [0.717, 1.165) is 59.6 Å². The van der Waals surface area contributed by atoms with Crippen molar-refractivity contribution in [3.05, 3.63) is 57.6 Å². The van der Waals surface area contributed by atoms with Gasteiger partial charge in [-0.15, -0.1) is 23.7 Å². The predicted octanol–water partition coefficient (Wildman–Crippen LogP) is 3.20. The summed E-state index contributed by atoms with van der Waals surface area (Å²) in [5.41, 5.74) is 5.89. The van der Waals surface area contributed by atoms with Gasteiger partial charge in [-0.25, -0.2) is 0 Å². The smallest absolute Gasteiger partial charge is 0.872 e. The molecule has 2 atom stereocenters. The molecule has 2 aliphatic rings. The number of nitrogens with zero attached hydrogens (tertiary/aromatic N) is 2. The van der Waals surface area contributed by atoms with Crippen LogP contribution in [0.2, 0.25) is 0 Å². The first-order valence-corrected chi connectivity index (χ1v) is 14.1. The van der Waals surface area contributed by atoms with E-state index in [9.17, 15) is 20.4 Å². The third kappa shape index (κ3) is 11.3. The van der Waals surface area contributed by atoms with E-state index in [2.05, 4.69) is 35.8 Å². The number of likely N-dealkylation sites (tertiary alicyclic amines) is 2. The molecule has 2 heterocycles. The van der Waals surface area contributed by atoms with Crippen LogP contribution in [0.4, 0.5) is 0 Å². The summed E-state index contributed by atoms with van der Waals surface area (Å²) in [6.45, 7) is 18.0. The van der Waals surface area contributed by atoms with Crippen molar-refractivity contribution in [2.75, 3.05) is 13.1 Å². The van der Waals surface area contributed by atoms with Gasteiger partial charge in [-0.3, -0.25) is 9.80 Å². The molecule has 0 aromatic heterocycles.